The molecule has 9 heavy (non-hydrogen) atoms. The molecule has 0 amide bonds. The van der Waals surface area contributed by atoms with E-state index < -0.39 is 0 Å². The zero-order chi connectivity index (χ0) is 6.91. The molecule has 2 nitrogen and oxygen atoms in total. The molecule has 0 aromatic carbocycles. The van der Waals surface area contributed by atoms with Gasteiger partial charge in [-0.05, 0) is 11.8 Å². The summed E-state index contributed by atoms with van der Waals surface area (Å²) in [5.74, 6) is 0. The van der Waals surface area contributed by atoms with E-state index in [2.05, 4.69) is 19.2 Å². The third-order valence-electron chi connectivity index (χ3n) is 1.82. The maximum Gasteiger partial charge on any atom is 0.0170 e. The largest absolute Gasteiger partial charge is 0.327 e. The summed E-state index contributed by atoms with van der Waals surface area (Å²) < 4.78 is 0. The van der Waals surface area contributed by atoms with Crippen LogP contribution in [-0.4, -0.2) is 19.1 Å². The third-order valence-corrected chi connectivity index (χ3v) is 1.82. The monoisotopic (exact) mass is 128 g/mol. The third kappa shape index (κ3) is 1.95. The molecule has 54 valence electrons. The van der Waals surface area contributed by atoms with E-state index in [1.165, 1.54) is 0 Å². The maximum absolute atomic E-state index is 5.75. The highest BCUT2D eigenvalue weighted by Gasteiger charge is 2.24. The van der Waals surface area contributed by atoms with E-state index in [4.69, 9.17) is 5.73 Å². The van der Waals surface area contributed by atoms with Crippen molar-refractivity contribution < 1.29 is 0 Å². The molecule has 1 atom stereocenters. The lowest BCUT2D eigenvalue weighted by Crippen LogP contribution is -2.47. The normalized spacial score (nSPS) is 34.3. The fourth-order valence-electron chi connectivity index (χ4n) is 1.45. The topological polar surface area (TPSA) is 38.0 Å². The molecule has 0 aliphatic carbocycles. The summed E-state index contributed by atoms with van der Waals surface area (Å²) in [5, 5.41) is 3.30. The molecule has 0 aromatic heterocycles. The highest BCUT2D eigenvalue weighted by molar-refractivity contribution is 4.83. The van der Waals surface area contributed by atoms with Gasteiger partial charge >= 0.3 is 0 Å². The molecule has 1 rings (SSSR count). The first kappa shape index (κ1) is 7.03. The van der Waals surface area contributed by atoms with E-state index in [1.54, 1.807) is 0 Å². The number of piperidine rings is 1. The predicted molar refractivity (Wildman–Crippen MR) is 39.2 cm³/mol. The van der Waals surface area contributed by atoms with Gasteiger partial charge in [0.15, 0.2) is 0 Å². The summed E-state index contributed by atoms with van der Waals surface area (Å²) in [6.45, 7) is 6.60. The van der Waals surface area contributed by atoms with Crippen molar-refractivity contribution in [2.75, 3.05) is 13.1 Å². The lowest BCUT2D eigenvalue weighted by molar-refractivity contribution is 0.241. The SMILES string of the molecule is CC1(C)CNC[C@@H](N)C1. The van der Waals surface area contributed by atoms with Crippen molar-refractivity contribution in [3.8, 4) is 0 Å². The lowest BCUT2D eigenvalue weighted by Gasteiger charge is -2.33. The first-order valence-electron chi connectivity index (χ1n) is 3.56. The van der Waals surface area contributed by atoms with Crippen LogP contribution in [0.15, 0.2) is 0 Å². The predicted octanol–water partition coefficient (Wildman–Crippen LogP) is 0.333. The van der Waals surface area contributed by atoms with E-state index in [0.29, 0.717) is 11.5 Å². The molecule has 0 radical (unpaired) electrons. The molecule has 1 aliphatic heterocycles. The number of hydrogen-bond donors (Lipinski definition) is 2. The van der Waals surface area contributed by atoms with Crippen molar-refractivity contribution >= 4 is 0 Å². The van der Waals surface area contributed by atoms with Gasteiger partial charge in [0.2, 0.25) is 0 Å². The first-order chi connectivity index (χ1) is 4.10. The second kappa shape index (κ2) is 2.27. The van der Waals surface area contributed by atoms with Crippen molar-refractivity contribution in [3.63, 3.8) is 0 Å². The van der Waals surface area contributed by atoms with Gasteiger partial charge in [-0.25, -0.2) is 0 Å². The quantitative estimate of drug-likeness (QED) is 0.493. The molecule has 1 fully saturated rings. The molecule has 0 bridgehead atoms. The second-order valence-electron chi connectivity index (χ2n) is 3.76. The number of rotatable bonds is 0. The van der Waals surface area contributed by atoms with Crippen LogP contribution in [-0.2, 0) is 0 Å². The summed E-state index contributed by atoms with van der Waals surface area (Å²) >= 11 is 0. The van der Waals surface area contributed by atoms with Crippen LogP contribution >= 0.6 is 0 Å². The zero-order valence-corrected chi connectivity index (χ0v) is 6.28. The molecule has 1 saturated heterocycles. The summed E-state index contributed by atoms with van der Waals surface area (Å²) in [6.07, 6.45) is 1.15. The molecule has 1 aliphatic rings. The van der Waals surface area contributed by atoms with E-state index >= 15 is 0 Å². The lowest BCUT2D eigenvalue weighted by atomic mass is 9.83. The Morgan fingerprint density at radius 1 is 1.56 bits per heavy atom. The molecule has 0 saturated carbocycles. The minimum absolute atomic E-state index is 0.369. The van der Waals surface area contributed by atoms with E-state index in [-0.39, 0.29) is 0 Å². The minimum Gasteiger partial charge on any atom is -0.327 e. The number of hydrogen-bond acceptors (Lipinski definition) is 2. The van der Waals surface area contributed by atoms with Crippen LogP contribution in [0.1, 0.15) is 20.3 Å². The molecular formula is C7H16N2. The van der Waals surface area contributed by atoms with Gasteiger partial charge in [-0.2, -0.15) is 0 Å². The summed E-state index contributed by atoms with van der Waals surface area (Å²) in [7, 11) is 0. The molecule has 1 heterocycles. The molecule has 2 heteroatoms. The first-order valence-corrected chi connectivity index (χ1v) is 3.56. The van der Waals surface area contributed by atoms with Crippen molar-refractivity contribution in [3.05, 3.63) is 0 Å². The van der Waals surface area contributed by atoms with Crippen LogP contribution < -0.4 is 11.1 Å². The van der Waals surface area contributed by atoms with E-state index in [0.717, 1.165) is 19.5 Å². The number of nitrogens with two attached hydrogens (primary N) is 1. The summed E-state index contributed by atoms with van der Waals surface area (Å²) in [4.78, 5) is 0. The van der Waals surface area contributed by atoms with Crippen molar-refractivity contribution in [2.24, 2.45) is 11.1 Å². The zero-order valence-electron chi connectivity index (χ0n) is 6.28. The van der Waals surface area contributed by atoms with Crippen LogP contribution in [0.2, 0.25) is 0 Å². The van der Waals surface area contributed by atoms with Gasteiger partial charge in [0.1, 0.15) is 0 Å². The van der Waals surface area contributed by atoms with Gasteiger partial charge in [0, 0.05) is 19.1 Å². The Kier molecular flexibility index (Phi) is 1.78. The molecule has 0 unspecified atom stereocenters. The molecule has 3 N–H and O–H groups in total. The van der Waals surface area contributed by atoms with E-state index in [9.17, 15) is 0 Å². The Labute approximate surface area is 56.8 Å². The maximum atomic E-state index is 5.75. The fourth-order valence-corrected chi connectivity index (χ4v) is 1.45. The molecule has 0 spiro atoms. The highest BCUT2D eigenvalue weighted by Crippen LogP contribution is 2.22. The van der Waals surface area contributed by atoms with Gasteiger partial charge in [-0.15, -0.1) is 0 Å². The van der Waals surface area contributed by atoms with Crippen LogP contribution in [0.3, 0.4) is 0 Å². The van der Waals surface area contributed by atoms with E-state index in [1.807, 2.05) is 0 Å². The fraction of sp³-hybridized carbons (Fsp3) is 1.00. The molecule has 0 aromatic rings. The number of nitrogens with one attached hydrogen (secondary N) is 1. The van der Waals surface area contributed by atoms with Crippen LogP contribution in [0.4, 0.5) is 0 Å². The smallest absolute Gasteiger partial charge is 0.0170 e. The van der Waals surface area contributed by atoms with Crippen molar-refractivity contribution in [1.29, 1.82) is 0 Å². The van der Waals surface area contributed by atoms with Gasteiger partial charge in [-0.1, -0.05) is 13.8 Å². The summed E-state index contributed by atoms with van der Waals surface area (Å²) in [6, 6.07) is 0.369. The van der Waals surface area contributed by atoms with Crippen LogP contribution in [0, 0.1) is 5.41 Å². The van der Waals surface area contributed by atoms with Crippen LogP contribution in [0.5, 0.6) is 0 Å². The van der Waals surface area contributed by atoms with Gasteiger partial charge in [-0.3, -0.25) is 0 Å². The summed E-state index contributed by atoms with van der Waals surface area (Å²) in [5.41, 5.74) is 6.16. The standard InChI is InChI=1S/C7H16N2/c1-7(2)3-6(8)4-9-5-7/h6,9H,3-5,8H2,1-2H3/t6-/m0/s1. The highest BCUT2D eigenvalue weighted by atomic mass is 14.9. The average Bonchev–Trinajstić information content (AvgIpc) is 1.60. The van der Waals surface area contributed by atoms with Gasteiger partial charge in [0.25, 0.3) is 0 Å². The Balaban J connectivity index is 2.41. The minimum atomic E-state index is 0.369. The average molecular weight is 128 g/mol. The Bertz CT molecular complexity index is 99.1. The Morgan fingerprint density at radius 2 is 2.22 bits per heavy atom. The van der Waals surface area contributed by atoms with Crippen molar-refractivity contribution in [1.82, 2.24) is 5.32 Å². The van der Waals surface area contributed by atoms with Crippen molar-refractivity contribution in [2.45, 2.75) is 26.3 Å². The van der Waals surface area contributed by atoms with Crippen LogP contribution in [0.25, 0.3) is 0 Å². The molecular weight excluding hydrogens is 112 g/mol. The Hall–Kier alpha value is -0.0800. The second-order valence-corrected chi connectivity index (χ2v) is 3.76. The Morgan fingerprint density at radius 3 is 2.56 bits per heavy atom. The van der Waals surface area contributed by atoms with Gasteiger partial charge < -0.3 is 11.1 Å². The van der Waals surface area contributed by atoms with Gasteiger partial charge in [0.05, 0.1) is 0 Å².